The van der Waals surface area contributed by atoms with Crippen molar-refractivity contribution >= 4 is 11.8 Å². The average Bonchev–Trinajstić information content (AvgIpc) is 2.26. The van der Waals surface area contributed by atoms with Gasteiger partial charge in [-0.25, -0.2) is 0 Å². The maximum Gasteiger partial charge on any atom is 0.242 e. The number of carbonyl (C=O) groups excluding carboxylic acids is 2. The van der Waals surface area contributed by atoms with Crippen molar-refractivity contribution in [2.45, 2.75) is 39.2 Å². The van der Waals surface area contributed by atoms with Gasteiger partial charge in [0.2, 0.25) is 11.8 Å². The van der Waals surface area contributed by atoms with Crippen molar-refractivity contribution < 1.29 is 9.59 Å². The molecule has 0 bridgehead atoms. The highest BCUT2D eigenvalue weighted by Gasteiger charge is 2.20. The van der Waals surface area contributed by atoms with Gasteiger partial charge in [0.1, 0.15) is 6.04 Å². The number of hydrogen-bond acceptors (Lipinski definition) is 3. The SMILES string of the molecule is CNC(=O)C(CCCCN)NC(=O)C(C)C. The fraction of sp³-hybridized carbons (Fsp3) is 0.818. The molecule has 0 rings (SSSR count). The molecule has 4 N–H and O–H groups in total. The lowest BCUT2D eigenvalue weighted by molar-refractivity contribution is -0.130. The van der Waals surface area contributed by atoms with Crippen LogP contribution in [0.1, 0.15) is 33.1 Å². The third kappa shape index (κ3) is 5.70. The van der Waals surface area contributed by atoms with Crippen molar-refractivity contribution in [3.05, 3.63) is 0 Å². The maximum atomic E-state index is 11.5. The van der Waals surface area contributed by atoms with Gasteiger partial charge in [0, 0.05) is 13.0 Å². The monoisotopic (exact) mass is 229 g/mol. The molecule has 0 aliphatic rings. The average molecular weight is 229 g/mol. The summed E-state index contributed by atoms with van der Waals surface area (Å²) in [4.78, 5) is 23.0. The van der Waals surface area contributed by atoms with E-state index in [2.05, 4.69) is 10.6 Å². The number of hydrogen-bond donors (Lipinski definition) is 3. The number of nitrogens with two attached hydrogens (primary N) is 1. The van der Waals surface area contributed by atoms with Crippen LogP contribution in [0.25, 0.3) is 0 Å². The molecule has 0 aromatic carbocycles. The highest BCUT2D eigenvalue weighted by molar-refractivity contribution is 5.88. The minimum Gasteiger partial charge on any atom is -0.357 e. The van der Waals surface area contributed by atoms with E-state index in [-0.39, 0.29) is 17.7 Å². The highest BCUT2D eigenvalue weighted by Crippen LogP contribution is 2.02. The summed E-state index contributed by atoms with van der Waals surface area (Å²) in [5.41, 5.74) is 5.38. The van der Waals surface area contributed by atoms with Crippen LogP contribution in [0, 0.1) is 5.92 Å². The Morgan fingerprint density at radius 1 is 1.19 bits per heavy atom. The summed E-state index contributed by atoms with van der Waals surface area (Å²) in [5.74, 6) is -0.353. The Bertz CT molecular complexity index is 229. The molecule has 0 aliphatic carbocycles. The fourth-order valence-corrected chi connectivity index (χ4v) is 1.27. The van der Waals surface area contributed by atoms with Crippen LogP contribution >= 0.6 is 0 Å². The van der Waals surface area contributed by atoms with Crippen LogP contribution in [0.15, 0.2) is 0 Å². The minimum atomic E-state index is -0.438. The van der Waals surface area contributed by atoms with Gasteiger partial charge in [-0.1, -0.05) is 13.8 Å². The van der Waals surface area contributed by atoms with Crippen LogP contribution in [0.3, 0.4) is 0 Å². The zero-order valence-electron chi connectivity index (χ0n) is 10.4. The fourth-order valence-electron chi connectivity index (χ4n) is 1.27. The molecule has 94 valence electrons. The lowest BCUT2D eigenvalue weighted by Crippen LogP contribution is -2.47. The molecule has 0 aromatic heterocycles. The first kappa shape index (κ1) is 14.9. The van der Waals surface area contributed by atoms with E-state index in [1.807, 2.05) is 0 Å². The Kier molecular flexibility index (Phi) is 7.54. The lowest BCUT2D eigenvalue weighted by atomic mass is 10.1. The second kappa shape index (κ2) is 8.10. The number of carbonyl (C=O) groups is 2. The maximum absolute atomic E-state index is 11.5. The smallest absolute Gasteiger partial charge is 0.242 e. The van der Waals surface area contributed by atoms with E-state index in [9.17, 15) is 9.59 Å². The van der Waals surface area contributed by atoms with E-state index in [0.29, 0.717) is 13.0 Å². The molecule has 0 radical (unpaired) electrons. The Morgan fingerprint density at radius 3 is 2.25 bits per heavy atom. The summed E-state index contributed by atoms with van der Waals surface area (Å²) in [6.45, 7) is 4.21. The van der Waals surface area contributed by atoms with E-state index >= 15 is 0 Å². The molecular formula is C11H23N3O2. The molecule has 0 spiro atoms. The predicted octanol–water partition coefficient (Wildman–Crippen LogP) is 0.00220. The van der Waals surface area contributed by atoms with Crippen LogP contribution in [-0.2, 0) is 9.59 Å². The van der Waals surface area contributed by atoms with Gasteiger partial charge in [0.15, 0.2) is 0 Å². The molecule has 1 unspecified atom stereocenters. The summed E-state index contributed by atoms with van der Waals surface area (Å²) in [7, 11) is 1.57. The Hall–Kier alpha value is -1.10. The first-order valence-electron chi connectivity index (χ1n) is 5.75. The third-order valence-corrected chi connectivity index (χ3v) is 2.35. The molecule has 5 heteroatoms. The molecule has 16 heavy (non-hydrogen) atoms. The zero-order valence-corrected chi connectivity index (χ0v) is 10.4. The van der Waals surface area contributed by atoms with Gasteiger partial charge in [-0.2, -0.15) is 0 Å². The molecule has 0 heterocycles. The van der Waals surface area contributed by atoms with Crippen LogP contribution in [0.4, 0.5) is 0 Å². The van der Waals surface area contributed by atoms with Gasteiger partial charge >= 0.3 is 0 Å². The van der Waals surface area contributed by atoms with Gasteiger partial charge in [-0.15, -0.1) is 0 Å². The summed E-state index contributed by atoms with van der Waals surface area (Å²) in [6.07, 6.45) is 2.34. The second-order valence-corrected chi connectivity index (χ2v) is 4.11. The standard InChI is InChI=1S/C11H23N3O2/c1-8(2)10(15)14-9(11(16)13-3)6-4-5-7-12/h8-9H,4-7,12H2,1-3H3,(H,13,16)(H,14,15). The Balaban J connectivity index is 4.20. The largest absolute Gasteiger partial charge is 0.357 e. The Morgan fingerprint density at radius 2 is 1.81 bits per heavy atom. The molecule has 0 saturated heterocycles. The van der Waals surface area contributed by atoms with Crippen molar-refractivity contribution in [3.63, 3.8) is 0 Å². The van der Waals surface area contributed by atoms with Crippen LogP contribution in [0.5, 0.6) is 0 Å². The van der Waals surface area contributed by atoms with E-state index < -0.39 is 6.04 Å². The minimum absolute atomic E-state index is 0.0960. The zero-order chi connectivity index (χ0) is 12.6. The number of likely N-dealkylation sites (N-methyl/N-ethyl adjacent to an activating group) is 1. The van der Waals surface area contributed by atoms with E-state index in [0.717, 1.165) is 12.8 Å². The first-order valence-corrected chi connectivity index (χ1v) is 5.75. The Labute approximate surface area is 97.2 Å². The van der Waals surface area contributed by atoms with E-state index in [1.54, 1.807) is 20.9 Å². The number of amides is 2. The van der Waals surface area contributed by atoms with Gasteiger partial charge in [-0.3, -0.25) is 9.59 Å². The number of rotatable bonds is 7. The van der Waals surface area contributed by atoms with Crippen molar-refractivity contribution in [2.75, 3.05) is 13.6 Å². The third-order valence-electron chi connectivity index (χ3n) is 2.35. The van der Waals surface area contributed by atoms with Crippen molar-refractivity contribution in [3.8, 4) is 0 Å². The van der Waals surface area contributed by atoms with Gasteiger partial charge < -0.3 is 16.4 Å². The first-order chi connectivity index (χ1) is 7.52. The second-order valence-electron chi connectivity index (χ2n) is 4.11. The van der Waals surface area contributed by atoms with Crippen LogP contribution in [-0.4, -0.2) is 31.4 Å². The number of unbranched alkanes of at least 4 members (excludes halogenated alkanes) is 1. The van der Waals surface area contributed by atoms with Gasteiger partial charge in [0.25, 0.3) is 0 Å². The molecular weight excluding hydrogens is 206 g/mol. The lowest BCUT2D eigenvalue weighted by Gasteiger charge is -2.18. The summed E-state index contributed by atoms with van der Waals surface area (Å²) in [6, 6.07) is -0.438. The summed E-state index contributed by atoms with van der Waals surface area (Å²) in [5, 5.41) is 5.29. The highest BCUT2D eigenvalue weighted by atomic mass is 16.2. The van der Waals surface area contributed by atoms with Crippen molar-refractivity contribution in [2.24, 2.45) is 11.7 Å². The normalized spacial score (nSPS) is 12.3. The van der Waals surface area contributed by atoms with Gasteiger partial charge in [-0.05, 0) is 25.8 Å². The quantitative estimate of drug-likeness (QED) is 0.537. The topological polar surface area (TPSA) is 84.2 Å². The van der Waals surface area contributed by atoms with Crippen molar-refractivity contribution in [1.29, 1.82) is 0 Å². The van der Waals surface area contributed by atoms with Crippen molar-refractivity contribution in [1.82, 2.24) is 10.6 Å². The summed E-state index contributed by atoms with van der Waals surface area (Å²) < 4.78 is 0. The predicted molar refractivity (Wildman–Crippen MR) is 63.7 cm³/mol. The van der Waals surface area contributed by atoms with E-state index in [4.69, 9.17) is 5.73 Å². The molecule has 0 aromatic rings. The molecule has 0 saturated carbocycles. The van der Waals surface area contributed by atoms with Crippen LogP contribution in [0.2, 0.25) is 0 Å². The number of nitrogens with one attached hydrogen (secondary N) is 2. The molecule has 0 fully saturated rings. The van der Waals surface area contributed by atoms with Crippen LogP contribution < -0.4 is 16.4 Å². The molecule has 5 nitrogen and oxygen atoms in total. The molecule has 2 amide bonds. The van der Waals surface area contributed by atoms with E-state index in [1.165, 1.54) is 0 Å². The summed E-state index contributed by atoms with van der Waals surface area (Å²) >= 11 is 0. The molecule has 0 aliphatic heterocycles. The molecule has 1 atom stereocenters. The van der Waals surface area contributed by atoms with Gasteiger partial charge in [0.05, 0.1) is 0 Å².